The molecular formula is C4H3NO2. The Labute approximate surface area is 41.0 Å². The van der Waals surface area contributed by atoms with Gasteiger partial charge in [-0.25, -0.2) is 0 Å². The lowest BCUT2D eigenvalue weighted by atomic mass is 11.0. The van der Waals surface area contributed by atoms with Gasteiger partial charge in [-0.2, -0.15) is 0 Å². The third-order valence-electron chi connectivity index (χ3n) is 0.237. The van der Waals surface area contributed by atoms with Crippen LogP contribution in [0.3, 0.4) is 0 Å². The lowest BCUT2D eigenvalue weighted by Gasteiger charge is -1.68. The van der Waals surface area contributed by atoms with Crippen molar-refractivity contribution in [3.63, 3.8) is 0 Å². The fourth-order valence-electron chi connectivity index (χ4n) is 0.0872. The quantitative estimate of drug-likeness (QED) is 0.273. The molecule has 36 valence electrons. The Balaban J connectivity index is 3.21. The number of rotatable bonds is 0. The first-order chi connectivity index (χ1) is 3.41. The molecule has 0 saturated heterocycles. The largest absolute Gasteiger partial charge is 0.461 e. The Morgan fingerprint density at radius 1 is 1.00 bits per heavy atom. The molecule has 0 aliphatic rings. The molecule has 0 aliphatic heterocycles. The van der Waals surface area contributed by atoms with E-state index in [9.17, 15) is 0 Å². The minimum Gasteiger partial charge on any atom is -0.461 e. The van der Waals surface area contributed by atoms with Crippen molar-refractivity contribution in [3.05, 3.63) is 0 Å². The number of nitrogens with one attached hydrogen (secondary N) is 1. The predicted octanol–water partition coefficient (Wildman–Crippen LogP) is -0.842. The van der Waals surface area contributed by atoms with Gasteiger partial charge >= 0.3 is 0 Å². The van der Waals surface area contributed by atoms with E-state index in [-0.39, 0.29) is 0 Å². The first-order valence-electron chi connectivity index (χ1n) is 1.45. The van der Waals surface area contributed by atoms with E-state index in [2.05, 4.69) is 5.32 Å². The summed E-state index contributed by atoms with van der Waals surface area (Å²) < 4.78 is 0. The summed E-state index contributed by atoms with van der Waals surface area (Å²) in [6, 6.07) is 3.94. The topological polar surface area (TPSA) is 52.5 Å². The molecule has 0 spiro atoms. The number of aliphatic hydroxyl groups excluding tert-OH is 2. The summed E-state index contributed by atoms with van der Waals surface area (Å²) in [5.41, 5.74) is 0. The predicted molar refractivity (Wildman–Crippen MR) is 22.6 cm³/mol. The second-order valence-electron chi connectivity index (χ2n) is 0.599. The maximum Gasteiger partial charge on any atom is 0.132 e. The first-order valence-corrected chi connectivity index (χ1v) is 1.45. The van der Waals surface area contributed by atoms with Crippen LogP contribution >= 0.6 is 0 Å². The average molecular weight is 97.1 g/mol. The first kappa shape index (κ1) is 5.52. The van der Waals surface area contributed by atoms with Crippen molar-refractivity contribution in [1.82, 2.24) is 5.32 Å². The molecule has 3 N–H and O–H groups in total. The van der Waals surface area contributed by atoms with Gasteiger partial charge in [-0.15, -0.1) is 0 Å². The van der Waals surface area contributed by atoms with Gasteiger partial charge in [0.1, 0.15) is 12.2 Å². The molecule has 0 amide bonds. The molecule has 0 aliphatic carbocycles. The van der Waals surface area contributed by atoms with Crippen LogP contribution in [0.1, 0.15) is 0 Å². The van der Waals surface area contributed by atoms with Gasteiger partial charge in [0.2, 0.25) is 0 Å². The third-order valence-corrected chi connectivity index (χ3v) is 0.237. The summed E-state index contributed by atoms with van der Waals surface area (Å²) >= 11 is 0. The van der Waals surface area contributed by atoms with E-state index in [1.54, 1.807) is 0 Å². The zero-order valence-corrected chi connectivity index (χ0v) is 3.39. The van der Waals surface area contributed by atoms with Crippen molar-refractivity contribution in [1.29, 1.82) is 0 Å². The van der Waals surface area contributed by atoms with Crippen molar-refractivity contribution in [2.75, 3.05) is 0 Å². The third kappa shape index (κ3) is 4.52. The molecule has 0 rings (SSSR count). The lowest BCUT2D eigenvalue weighted by molar-refractivity contribution is 0.514. The normalized spacial score (nSPS) is 4.00. The molecule has 0 aromatic heterocycles. The van der Waals surface area contributed by atoms with Gasteiger partial charge in [-0.3, -0.25) is 5.32 Å². The Kier molecular flexibility index (Phi) is 3.56. The number of hydrogen-bond donors (Lipinski definition) is 3. The highest BCUT2D eigenvalue weighted by molar-refractivity contribution is 4.99. The highest BCUT2D eigenvalue weighted by atomic mass is 16.2. The van der Waals surface area contributed by atoms with Crippen LogP contribution in [0.5, 0.6) is 0 Å². The Hall–Kier alpha value is -1.48. The zero-order chi connectivity index (χ0) is 5.54. The summed E-state index contributed by atoms with van der Waals surface area (Å²) in [7, 11) is 0. The van der Waals surface area contributed by atoms with Crippen LogP contribution in [0.15, 0.2) is 0 Å². The molecule has 0 unspecified atom stereocenters. The van der Waals surface area contributed by atoms with Crippen LogP contribution in [-0.2, 0) is 0 Å². The standard InChI is InChI=1S/C4H3NO2/c6-3-1-5-2-4-7/h5-7H. The molecule has 0 saturated carbocycles. The van der Waals surface area contributed by atoms with Gasteiger partial charge in [0.25, 0.3) is 0 Å². The second-order valence-corrected chi connectivity index (χ2v) is 0.599. The monoisotopic (exact) mass is 97.0 g/mol. The molecule has 0 atom stereocenters. The fourth-order valence-corrected chi connectivity index (χ4v) is 0.0872. The molecule has 0 fully saturated rings. The molecule has 0 heterocycles. The van der Waals surface area contributed by atoms with E-state index in [4.69, 9.17) is 10.2 Å². The van der Waals surface area contributed by atoms with Crippen LogP contribution in [0.25, 0.3) is 0 Å². The van der Waals surface area contributed by atoms with Crippen LogP contribution in [-0.4, -0.2) is 10.2 Å². The SMILES string of the molecule is OC#CNC#CO. The molecule has 0 radical (unpaired) electrons. The molecule has 3 heteroatoms. The Morgan fingerprint density at radius 2 is 1.43 bits per heavy atom. The van der Waals surface area contributed by atoms with E-state index < -0.39 is 0 Å². The summed E-state index contributed by atoms with van der Waals surface area (Å²) in [6.07, 6.45) is 3.06. The van der Waals surface area contributed by atoms with Crippen molar-refractivity contribution >= 4 is 0 Å². The molecule has 0 aromatic carbocycles. The molecule has 0 aromatic rings. The van der Waals surface area contributed by atoms with Gasteiger partial charge in [-0.05, 0) is 0 Å². The van der Waals surface area contributed by atoms with E-state index >= 15 is 0 Å². The van der Waals surface area contributed by atoms with E-state index in [0.717, 1.165) is 0 Å². The van der Waals surface area contributed by atoms with E-state index in [1.165, 1.54) is 12.2 Å². The smallest absolute Gasteiger partial charge is 0.132 e. The minimum atomic E-state index is 1.53. The fraction of sp³-hybridized carbons (Fsp3) is 0. The molecule has 3 nitrogen and oxygen atoms in total. The van der Waals surface area contributed by atoms with Gasteiger partial charge in [0, 0.05) is 0 Å². The van der Waals surface area contributed by atoms with Crippen molar-refractivity contribution in [2.45, 2.75) is 0 Å². The summed E-state index contributed by atoms with van der Waals surface area (Å²) in [6.45, 7) is 0. The highest BCUT2D eigenvalue weighted by Crippen LogP contribution is 1.39. The van der Waals surface area contributed by atoms with Crippen molar-refractivity contribution in [2.24, 2.45) is 0 Å². The average Bonchev–Trinajstić information content (AvgIpc) is 1.69. The number of hydrogen-bond acceptors (Lipinski definition) is 3. The summed E-state index contributed by atoms with van der Waals surface area (Å²) in [4.78, 5) is 0. The summed E-state index contributed by atoms with van der Waals surface area (Å²) in [5.74, 6) is 0. The maximum atomic E-state index is 7.72. The van der Waals surface area contributed by atoms with Crippen molar-refractivity contribution < 1.29 is 10.2 Å². The molecule has 7 heavy (non-hydrogen) atoms. The van der Waals surface area contributed by atoms with Crippen LogP contribution in [0.2, 0.25) is 0 Å². The van der Waals surface area contributed by atoms with Crippen LogP contribution in [0, 0.1) is 24.3 Å². The van der Waals surface area contributed by atoms with Gasteiger partial charge in [0.15, 0.2) is 0 Å². The van der Waals surface area contributed by atoms with E-state index in [1.807, 2.05) is 12.1 Å². The molecule has 0 bridgehead atoms. The second kappa shape index (κ2) is 4.52. The summed E-state index contributed by atoms with van der Waals surface area (Å²) in [5, 5.41) is 17.5. The Bertz CT molecular complexity index is 125. The number of aliphatic hydroxyl groups is 2. The van der Waals surface area contributed by atoms with E-state index in [0.29, 0.717) is 0 Å². The van der Waals surface area contributed by atoms with Gasteiger partial charge < -0.3 is 10.2 Å². The van der Waals surface area contributed by atoms with Gasteiger partial charge in [0.05, 0.1) is 12.1 Å². The van der Waals surface area contributed by atoms with Crippen LogP contribution < -0.4 is 5.32 Å². The minimum absolute atomic E-state index is 1.53. The van der Waals surface area contributed by atoms with Crippen molar-refractivity contribution in [3.8, 4) is 24.3 Å². The molecular weight excluding hydrogens is 94.0 g/mol. The maximum absolute atomic E-state index is 7.72. The zero-order valence-electron chi connectivity index (χ0n) is 3.39. The highest BCUT2D eigenvalue weighted by Gasteiger charge is 1.54. The lowest BCUT2D eigenvalue weighted by Crippen LogP contribution is -1.91. The van der Waals surface area contributed by atoms with Crippen LogP contribution in [0.4, 0.5) is 0 Å². The van der Waals surface area contributed by atoms with Gasteiger partial charge in [-0.1, -0.05) is 0 Å². The Morgan fingerprint density at radius 3 is 1.71 bits per heavy atom.